The second-order valence-corrected chi connectivity index (χ2v) is 3.99. The summed E-state index contributed by atoms with van der Waals surface area (Å²) >= 11 is 0. The van der Waals surface area contributed by atoms with Gasteiger partial charge in [0.25, 0.3) is 0 Å². The fraction of sp³-hybridized carbons (Fsp3) is 0.500. The first-order valence-corrected chi connectivity index (χ1v) is 5.19. The van der Waals surface area contributed by atoms with Crippen molar-refractivity contribution >= 4 is 12.4 Å². The van der Waals surface area contributed by atoms with E-state index in [0.717, 1.165) is 6.42 Å². The van der Waals surface area contributed by atoms with E-state index in [1.165, 1.54) is 16.7 Å². The Kier molecular flexibility index (Phi) is 4.14. The first kappa shape index (κ1) is 12.5. The van der Waals surface area contributed by atoms with Crippen LogP contribution in [0.5, 0.6) is 0 Å². The number of nitrogens with two attached hydrogens (primary N) is 1. The van der Waals surface area contributed by atoms with Gasteiger partial charge in [0.1, 0.15) is 0 Å². The van der Waals surface area contributed by atoms with Crippen LogP contribution in [0, 0.1) is 6.92 Å². The predicted octanol–water partition coefficient (Wildman–Crippen LogP) is 2.73. The number of fused-ring (bicyclic) bond motifs is 1. The van der Waals surface area contributed by atoms with Gasteiger partial charge in [0.2, 0.25) is 0 Å². The van der Waals surface area contributed by atoms with Gasteiger partial charge in [0, 0.05) is 0 Å². The van der Waals surface area contributed by atoms with Crippen LogP contribution in [0.1, 0.15) is 36.1 Å². The lowest BCUT2D eigenvalue weighted by Crippen LogP contribution is -2.33. The molecule has 2 nitrogen and oxygen atoms in total. The summed E-state index contributed by atoms with van der Waals surface area (Å²) in [5.41, 5.74) is 9.93. The maximum Gasteiger partial charge on any atom is 0.0769 e. The fourth-order valence-corrected chi connectivity index (χ4v) is 2.03. The number of rotatable bonds is 1. The predicted molar refractivity (Wildman–Crippen MR) is 64.2 cm³/mol. The average Bonchev–Trinajstić information content (AvgIpc) is 2.20. The maximum absolute atomic E-state index is 6.14. The molecule has 1 aliphatic rings. The van der Waals surface area contributed by atoms with Crippen LogP contribution in [0.25, 0.3) is 0 Å². The molecule has 1 aromatic carbocycles. The molecule has 0 saturated carbocycles. The molecule has 2 N–H and O–H groups in total. The Bertz CT molecular complexity index is 340. The quantitative estimate of drug-likeness (QED) is 0.801. The molecule has 2 rings (SSSR count). The van der Waals surface area contributed by atoms with Crippen LogP contribution in [0.15, 0.2) is 18.2 Å². The molecule has 0 aromatic heterocycles. The van der Waals surface area contributed by atoms with Crippen molar-refractivity contribution in [3.63, 3.8) is 0 Å². The van der Waals surface area contributed by atoms with E-state index in [9.17, 15) is 0 Å². The van der Waals surface area contributed by atoms with Gasteiger partial charge in [-0.25, -0.2) is 0 Å². The maximum atomic E-state index is 6.14. The van der Waals surface area contributed by atoms with Gasteiger partial charge >= 0.3 is 0 Å². The minimum Gasteiger partial charge on any atom is -0.372 e. The lowest BCUT2D eigenvalue weighted by atomic mass is 9.92. The smallest absolute Gasteiger partial charge is 0.0769 e. The molecule has 2 atom stereocenters. The number of hydrogen-bond acceptors (Lipinski definition) is 2. The van der Waals surface area contributed by atoms with Gasteiger partial charge in [-0.3, -0.25) is 0 Å². The summed E-state index contributed by atoms with van der Waals surface area (Å²) in [6.45, 7) is 4.93. The van der Waals surface area contributed by atoms with E-state index in [2.05, 4.69) is 32.0 Å². The average molecular weight is 228 g/mol. The third-order valence-electron chi connectivity index (χ3n) is 2.92. The zero-order valence-electron chi connectivity index (χ0n) is 9.19. The van der Waals surface area contributed by atoms with Crippen LogP contribution in [0.3, 0.4) is 0 Å². The van der Waals surface area contributed by atoms with Gasteiger partial charge in [0.15, 0.2) is 0 Å². The summed E-state index contributed by atoms with van der Waals surface area (Å²) in [7, 11) is 0. The van der Waals surface area contributed by atoms with Gasteiger partial charge in [-0.2, -0.15) is 0 Å². The lowest BCUT2D eigenvalue weighted by molar-refractivity contribution is 0.00678. The van der Waals surface area contributed by atoms with Crippen LogP contribution in [0.4, 0.5) is 0 Å². The molecule has 84 valence electrons. The first-order valence-electron chi connectivity index (χ1n) is 5.19. The van der Waals surface area contributed by atoms with Crippen molar-refractivity contribution in [2.75, 3.05) is 0 Å². The molecule has 1 aromatic rings. The highest BCUT2D eigenvalue weighted by atomic mass is 35.5. The summed E-state index contributed by atoms with van der Waals surface area (Å²) in [5, 5.41) is 0. The van der Waals surface area contributed by atoms with Gasteiger partial charge in [0.05, 0.1) is 18.8 Å². The van der Waals surface area contributed by atoms with Crippen molar-refractivity contribution in [1.82, 2.24) is 0 Å². The Hall–Kier alpha value is -0.570. The van der Waals surface area contributed by atoms with E-state index in [4.69, 9.17) is 10.5 Å². The third kappa shape index (κ3) is 2.33. The molecule has 1 heterocycles. The second-order valence-electron chi connectivity index (χ2n) is 3.99. The topological polar surface area (TPSA) is 35.2 Å². The minimum atomic E-state index is 0. The van der Waals surface area contributed by atoms with Crippen molar-refractivity contribution in [2.24, 2.45) is 5.73 Å². The fourth-order valence-electron chi connectivity index (χ4n) is 2.03. The van der Waals surface area contributed by atoms with Crippen LogP contribution < -0.4 is 5.73 Å². The van der Waals surface area contributed by atoms with E-state index >= 15 is 0 Å². The SMILES string of the molecule is CC[C@@H]1OCc2ccc(C)cc2[C@@H]1N.Cl. The number of ether oxygens (including phenoxy) is 1. The van der Waals surface area contributed by atoms with Crippen LogP contribution in [0.2, 0.25) is 0 Å². The Morgan fingerprint density at radius 1 is 1.47 bits per heavy atom. The van der Waals surface area contributed by atoms with Crippen molar-refractivity contribution in [3.05, 3.63) is 34.9 Å². The van der Waals surface area contributed by atoms with Gasteiger partial charge in [-0.05, 0) is 24.5 Å². The zero-order chi connectivity index (χ0) is 10.1. The van der Waals surface area contributed by atoms with Gasteiger partial charge in [-0.15, -0.1) is 12.4 Å². The summed E-state index contributed by atoms with van der Waals surface area (Å²) in [4.78, 5) is 0. The summed E-state index contributed by atoms with van der Waals surface area (Å²) < 4.78 is 5.68. The standard InChI is InChI=1S/C12H17NO.ClH/c1-3-11-12(13)10-6-8(2)4-5-9(10)7-14-11;/h4-6,11-12H,3,7,13H2,1-2H3;1H/t11-,12-;/m0./s1. The molecule has 0 unspecified atom stereocenters. The van der Waals surface area contributed by atoms with Crippen LogP contribution in [-0.4, -0.2) is 6.10 Å². The molecule has 0 bridgehead atoms. The number of benzene rings is 1. The van der Waals surface area contributed by atoms with E-state index in [-0.39, 0.29) is 24.6 Å². The summed E-state index contributed by atoms with van der Waals surface area (Å²) in [5.74, 6) is 0. The highest BCUT2D eigenvalue weighted by molar-refractivity contribution is 5.85. The molecule has 0 fully saturated rings. The summed E-state index contributed by atoms with van der Waals surface area (Å²) in [6.07, 6.45) is 1.17. The normalized spacial score (nSPS) is 24.2. The Balaban J connectivity index is 0.00000112. The van der Waals surface area contributed by atoms with E-state index < -0.39 is 0 Å². The monoisotopic (exact) mass is 227 g/mol. The molecule has 0 spiro atoms. The van der Waals surface area contributed by atoms with E-state index in [1.807, 2.05) is 0 Å². The second kappa shape index (κ2) is 4.97. The van der Waals surface area contributed by atoms with Crippen molar-refractivity contribution < 1.29 is 4.74 Å². The van der Waals surface area contributed by atoms with Crippen molar-refractivity contribution in [2.45, 2.75) is 39.0 Å². The van der Waals surface area contributed by atoms with Crippen LogP contribution in [-0.2, 0) is 11.3 Å². The van der Waals surface area contributed by atoms with E-state index in [0.29, 0.717) is 6.61 Å². The molecule has 0 radical (unpaired) electrons. The zero-order valence-corrected chi connectivity index (χ0v) is 10.0. The van der Waals surface area contributed by atoms with Gasteiger partial charge in [-0.1, -0.05) is 30.7 Å². The highest BCUT2D eigenvalue weighted by Crippen LogP contribution is 2.29. The van der Waals surface area contributed by atoms with E-state index in [1.54, 1.807) is 0 Å². The first-order chi connectivity index (χ1) is 6.72. The number of hydrogen-bond donors (Lipinski definition) is 1. The Morgan fingerprint density at radius 3 is 2.87 bits per heavy atom. The lowest BCUT2D eigenvalue weighted by Gasteiger charge is -2.30. The van der Waals surface area contributed by atoms with Gasteiger partial charge < -0.3 is 10.5 Å². The summed E-state index contributed by atoms with van der Waals surface area (Å²) in [6, 6.07) is 6.46. The minimum absolute atomic E-state index is 0. The largest absolute Gasteiger partial charge is 0.372 e. The Labute approximate surface area is 97.2 Å². The number of aryl methyl sites for hydroxylation is 1. The molecule has 1 aliphatic heterocycles. The molecule has 0 amide bonds. The molecule has 0 saturated heterocycles. The van der Waals surface area contributed by atoms with Crippen LogP contribution >= 0.6 is 12.4 Å². The Morgan fingerprint density at radius 2 is 2.20 bits per heavy atom. The molecular formula is C12H18ClNO. The number of halogens is 1. The van der Waals surface area contributed by atoms with Crippen molar-refractivity contribution in [1.29, 1.82) is 0 Å². The molecule has 3 heteroatoms. The third-order valence-corrected chi connectivity index (χ3v) is 2.92. The molecular weight excluding hydrogens is 210 g/mol. The molecule has 0 aliphatic carbocycles. The molecule has 15 heavy (non-hydrogen) atoms. The van der Waals surface area contributed by atoms with Crippen molar-refractivity contribution in [3.8, 4) is 0 Å². The highest BCUT2D eigenvalue weighted by Gasteiger charge is 2.25.